The SMILES string of the molecule is CC(C)(C)[C@H](O)CN1CCN(C(=O)CCOCC(F)(F)F)CC1. The van der Waals surface area contributed by atoms with Gasteiger partial charge in [-0.1, -0.05) is 20.8 Å². The Hall–Kier alpha value is -0.860. The molecule has 1 aliphatic heterocycles. The number of β-amino-alcohol motifs (C(OH)–C–C–N with tert-alkyl or cyclic N) is 1. The lowest BCUT2D eigenvalue weighted by Gasteiger charge is -2.38. The lowest BCUT2D eigenvalue weighted by molar-refractivity contribution is -0.175. The fourth-order valence-corrected chi connectivity index (χ4v) is 2.20. The number of hydrogen-bond donors (Lipinski definition) is 1. The summed E-state index contributed by atoms with van der Waals surface area (Å²) in [5.74, 6) is -0.191. The average Bonchev–Trinajstić information content (AvgIpc) is 2.42. The molecule has 0 unspecified atom stereocenters. The number of ether oxygens (including phenoxy) is 1. The van der Waals surface area contributed by atoms with Crippen LogP contribution < -0.4 is 0 Å². The normalized spacial score (nSPS) is 19.0. The fourth-order valence-electron chi connectivity index (χ4n) is 2.20. The van der Waals surface area contributed by atoms with Crippen molar-refractivity contribution in [2.24, 2.45) is 5.41 Å². The Labute approximate surface area is 135 Å². The first-order chi connectivity index (χ1) is 10.5. The third-order valence-electron chi connectivity index (χ3n) is 3.88. The molecule has 0 aliphatic carbocycles. The quantitative estimate of drug-likeness (QED) is 0.745. The Kier molecular flexibility index (Phi) is 7.29. The van der Waals surface area contributed by atoms with Gasteiger partial charge in [-0.2, -0.15) is 13.2 Å². The van der Waals surface area contributed by atoms with Gasteiger partial charge in [0.1, 0.15) is 6.61 Å². The van der Waals surface area contributed by atoms with Crippen molar-refractivity contribution in [1.29, 1.82) is 0 Å². The molecular weight excluding hydrogens is 313 g/mol. The van der Waals surface area contributed by atoms with Crippen LogP contribution in [0.15, 0.2) is 0 Å². The van der Waals surface area contributed by atoms with Gasteiger partial charge in [0.15, 0.2) is 0 Å². The minimum atomic E-state index is -4.36. The molecule has 0 aromatic heterocycles. The second-order valence-corrected chi connectivity index (χ2v) is 6.98. The highest BCUT2D eigenvalue weighted by atomic mass is 19.4. The van der Waals surface area contributed by atoms with Crippen molar-refractivity contribution in [3.05, 3.63) is 0 Å². The van der Waals surface area contributed by atoms with Gasteiger partial charge in [0.2, 0.25) is 5.91 Å². The Bertz CT molecular complexity index is 375. The first-order valence-corrected chi connectivity index (χ1v) is 7.82. The molecule has 1 saturated heterocycles. The maximum absolute atomic E-state index is 11.9. The van der Waals surface area contributed by atoms with E-state index in [0.29, 0.717) is 32.7 Å². The van der Waals surface area contributed by atoms with Gasteiger partial charge < -0.3 is 14.7 Å². The Balaban J connectivity index is 2.24. The van der Waals surface area contributed by atoms with E-state index in [9.17, 15) is 23.1 Å². The summed E-state index contributed by atoms with van der Waals surface area (Å²) in [6.07, 6.45) is -4.84. The van der Waals surface area contributed by atoms with Crippen LogP contribution in [0, 0.1) is 5.41 Å². The minimum absolute atomic E-state index is 0.0410. The summed E-state index contributed by atoms with van der Waals surface area (Å²) in [5, 5.41) is 10.1. The summed E-state index contributed by atoms with van der Waals surface area (Å²) in [6.45, 7) is 7.28. The van der Waals surface area contributed by atoms with Crippen LogP contribution >= 0.6 is 0 Å². The molecule has 1 heterocycles. The lowest BCUT2D eigenvalue weighted by Crippen LogP contribution is -2.51. The van der Waals surface area contributed by atoms with Crippen LogP contribution in [0.1, 0.15) is 27.2 Å². The first kappa shape index (κ1) is 20.2. The van der Waals surface area contributed by atoms with Gasteiger partial charge in [0, 0.05) is 32.7 Å². The van der Waals surface area contributed by atoms with Gasteiger partial charge in [-0.3, -0.25) is 9.69 Å². The van der Waals surface area contributed by atoms with Gasteiger partial charge in [-0.15, -0.1) is 0 Å². The standard InChI is InChI=1S/C15H27F3N2O3/c1-14(2,3)12(21)10-19-5-7-20(8-6-19)13(22)4-9-23-11-15(16,17)18/h12,21H,4-11H2,1-3H3/t12-/m1/s1. The van der Waals surface area contributed by atoms with Crippen LogP contribution in [-0.4, -0.2) is 79.0 Å². The van der Waals surface area contributed by atoms with E-state index < -0.39 is 18.9 Å². The molecule has 0 aromatic carbocycles. The lowest BCUT2D eigenvalue weighted by atomic mass is 9.89. The van der Waals surface area contributed by atoms with E-state index >= 15 is 0 Å². The number of alkyl halides is 3. The molecule has 1 atom stereocenters. The largest absolute Gasteiger partial charge is 0.411 e. The predicted molar refractivity (Wildman–Crippen MR) is 80.0 cm³/mol. The second-order valence-electron chi connectivity index (χ2n) is 6.98. The van der Waals surface area contributed by atoms with Crippen molar-refractivity contribution in [3.8, 4) is 0 Å². The maximum Gasteiger partial charge on any atom is 0.411 e. The highest BCUT2D eigenvalue weighted by molar-refractivity contribution is 5.76. The van der Waals surface area contributed by atoms with Crippen molar-refractivity contribution in [3.63, 3.8) is 0 Å². The molecule has 0 radical (unpaired) electrons. The van der Waals surface area contributed by atoms with Crippen molar-refractivity contribution in [2.75, 3.05) is 45.9 Å². The van der Waals surface area contributed by atoms with Gasteiger partial charge >= 0.3 is 6.18 Å². The van der Waals surface area contributed by atoms with E-state index in [2.05, 4.69) is 9.64 Å². The van der Waals surface area contributed by atoms with E-state index in [4.69, 9.17) is 0 Å². The molecule has 8 heteroatoms. The monoisotopic (exact) mass is 340 g/mol. The molecule has 0 bridgehead atoms. The van der Waals surface area contributed by atoms with Crippen LogP contribution in [0.4, 0.5) is 13.2 Å². The molecule has 5 nitrogen and oxygen atoms in total. The Morgan fingerprint density at radius 2 is 1.74 bits per heavy atom. The second kappa shape index (κ2) is 8.30. The number of carbonyl (C=O) groups excluding carboxylic acids is 1. The predicted octanol–water partition coefficient (Wildman–Crippen LogP) is 1.51. The zero-order valence-electron chi connectivity index (χ0n) is 14.0. The average molecular weight is 340 g/mol. The van der Waals surface area contributed by atoms with E-state index in [1.165, 1.54) is 0 Å². The van der Waals surface area contributed by atoms with Crippen molar-refractivity contribution >= 4 is 5.91 Å². The summed E-state index contributed by atoms with van der Waals surface area (Å²) < 4.78 is 40.2. The van der Waals surface area contributed by atoms with E-state index in [1.54, 1.807) is 4.90 Å². The Morgan fingerprint density at radius 3 is 2.22 bits per heavy atom. The summed E-state index contributed by atoms with van der Waals surface area (Å²) in [7, 11) is 0. The molecule has 0 saturated carbocycles. The van der Waals surface area contributed by atoms with Crippen LogP contribution in [0.2, 0.25) is 0 Å². The highest BCUT2D eigenvalue weighted by Gasteiger charge is 2.29. The van der Waals surface area contributed by atoms with Crippen molar-refractivity contribution in [2.45, 2.75) is 39.5 Å². The summed E-state index contributed by atoms with van der Waals surface area (Å²) in [5.41, 5.74) is -0.192. The highest BCUT2D eigenvalue weighted by Crippen LogP contribution is 2.20. The van der Waals surface area contributed by atoms with Crippen LogP contribution in [0.3, 0.4) is 0 Å². The number of halogens is 3. The molecule has 136 valence electrons. The third-order valence-corrected chi connectivity index (χ3v) is 3.88. The number of aliphatic hydroxyl groups is 1. The van der Waals surface area contributed by atoms with E-state index in [-0.39, 0.29) is 24.3 Å². The minimum Gasteiger partial charge on any atom is -0.391 e. The molecule has 23 heavy (non-hydrogen) atoms. The zero-order chi connectivity index (χ0) is 17.7. The molecule has 1 aliphatic rings. The molecule has 0 aromatic rings. The molecule has 1 fully saturated rings. The zero-order valence-corrected chi connectivity index (χ0v) is 14.0. The number of aliphatic hydroxyl groups excluding tert-OH is 1. The molecular formula is C15H27F3N2O3. The van der Waals surface area contributed by atoms with Crippen molar-refractivity contribution < 1.29 is 27.8 Å². The summed E-state index contributed by atoms with van der Waals surface area (Å²) in [6, 6.07) is 0. The molecule has 1 rings (SSSR count). The maximum atomic E-state index is 11.9. The summed E-state index contributed by atoms with van der Waals surface area (Å²) >= 11 is 0. The van der Waals surface area contributed by atoms with E-state index in [1.807, 2.05) is 20.8 Å². The van der Waals surface area contributed by atoms with Gasteiger partial charge in [0.05, 0.1) is 19.1 Å². The van der Waals surface area contributed by atoms with Gasteiger partial charge in [-0.05, 0) is 5.41 Å². The third kappa shape index (κ3) is 7.99. The van der Waals surface area contributed by atoms with Crippen molar-refractivity contribution in [1.82, 2.24) is 9.80 Å². The smallest absolute Gasteiger partial charge is 0.391 e. The number of amides is 1. The number of carbonyl (C=O) groups is 1. The topological polar surface area (TPSA) is 53.0 Å². The number of piperazine rings is 1. The van der Waals surface area contributed by atoms with Crippen LogP contribution in [-0.2, 0) is 9.53 Å². The Morgan fingerprint density at radius 1 is 1.17 bits per heavy atom. The van der Waals surface area contributed by atoms with Gasteiger partial charge in [0.25, 0.3) is 0 Å². The van der Waals surface area contributed by atoms with E-state index in [0.717, 1.165) is 0 Å². The summed E-state index contributed by atoms with van der Waals surface area (Å²) in [4.78, 5) is 15.6. The van der Waals surface area contributed by atoms with Crippen LogP contribution in [0.25, 0.3) is 0 Å². The molecule has 1 N–H and O–H groups in total. The fraction of sp³-hybridized carbons (Fsp3) is 0.933. The number of nitrogens with zero attached hydrogens (tertiary/aromatic N) is 2. The van der Waals surface area contributed by atoms with Crippen LogP contribution in [0.5, 0.6) is 0 Å². The number of rotatable bonds is 6. The number of hydrogen-bond acceptors (Lipinski definition) is 4. The molecule has 0 spiro atoms. The molecule has 1 amide bonds. The van der Waals surface area contributed by atoms with Gasteiger partial charge in [-0.25, -0.2) is 0 Å². The first-order valence-electron chi connectivity index (χ1n) is 7.82.